The summed E-state index contributed by atoms with van der Waals surface area (Å²) in [4.78, 5) is 33.2. The van der Waals surface area contributed by atoms with Crippen LogP contribution in [0.25, 0.3) is 15.9 Å². The van der Waals surface area contributed by atoms with Gasteiger partial charge in [-0.05, 0) is 68.0 Å². The zero-order chi connectivity index (χ0) is 24.4. The van der Waals surface area contributed by atoms with Gasteiger partial charge in [-0.2, -0.15) is 5.10 Å². The molecule has 2 aromatic carbocycles. The number of aryl methyl sites for hydroxylation is 2. The summed E-state index contributed by atoms with van der Waals surface area (Å²) in [5.41, 5.74) is 5.97. The van der Waals surface area contributed by atoms with Crippen LogP contribution in [0.2, 0.25) is 5.02 Å². The van der Waals surface area contributed by atoms with Crippen molar-refractivity contribution < 1.29 is 4.79 Å². The van der Waals surface area contributed by atoms with Gasteiger partial charge >= 0.3 is 0 Å². The standard InChI is InChI=1S/C26H23ClN4O2S2/c1-16(17-7-3-2-4-8-17)29-30-22(32)15-34-26-28-24-23(20-9-5-6-10-21(20)35-24)25(33)31(26)19-13-11-18(27)12-14-19/h2-4,7-8,11-14H,5-6,9-10,15H2,1H3,(H,30,32). The number of thioether (sulfide) groups is 1. The molecular weight excluding hydrogens is 500 g/mol. The molecule has 5 rings (SSSR count). The largest absolute Gasteiger partial charge is 0.272 e. The van der Waals surface area contributed by atoms with Gasteiger partial charge in [0.15, 0.2) is 5.16 Å². The Morgan fingerprint density at radius 3 is 2.66 bits per heavy atom. The first-order valence-corrected chi connectivity index (χ1v) is 13.5. The Hall–Kier alpha value is -2.94. The van der Waals surface area contributed by atoms with E-state index >= 15 is 0 Å². The number of amides is 1. The van der Waals surface area contributed by atoms with Crippen LogP contribution in [0.4, 0.5) is 0 Å². The number of carbonyl (C=O) groups is 1. The Morgan fingerprint density at radius 1 is 1.14 bits per heavy atom. The Kier molecular flexibility index (Phi) is 7.04. The second kappa shape index (κ2) is 10.4. The van der Waals surface area contributed by atoms with E-state index in [0.29, 0.717) is 27.0 Å². The summed E-state index contributed by atoms with van der Waals surface area (Å²) in [6, 6.07) is 16.7. The number of hydrogen-bond donors (Lipinski definition) is 1. The molecule has 0 saturated carbocycles. The van der Waals surface area contributed by atoms with E-state index in [4.69, 9.17) is 16.6 Å². The van der Waals surface area contributed by atoms with E-state index in [0.717, 1.165) is 41.6 Å². The number of benzene rings is 2. The lowest BCUT2D eigenvalue weighted by Gasteiger charge is -2.13. The molecule has 0 fully saturated rings. The van der Waals surface area contributed by atoms with Gasteiger partial charge in [0.05, 0.1) is 22.5 Å². The molecule has 1 amide bonds. The molecule has 6 nitrogen and oxygen atoms in total. The van der Waals surface area contributed by atoms with Gasteiger partial charge in [-0.3, -0.25) is 14.2 Å². The Labute approximate surface area is 216 Å². The lowest BCUT2D eigenvalue weighted by atomic mass is 9.97. The van der Waals surface area contributed by atoms with Crippen LogP contribution in [-0.2, 0) is 17.6 Å². The van der Waals surface area contributed by atoms with Crippen molar-refractivity contribution in [1.29, 1.82) is 0 Å². The number of halogens is 1. The molecule has 1 N–H and O–H groups in total. The summed E-state index contributed by atoms with van der Waals surface area (Å²) < 4.78 is 1.59. The molecular formula is C26H23ClN4O2S2. The Bertz CT molecular complexity index is 1480. The maximum absolute atomic E-state index is 13.7. The van der Waals surface area contributed by atoms with Crippen LogP contribution in [0.5, 0.6) is 0 Å². The number of carbonyl (C=O) groups excluding carboxylic acids is 1. The zero-order valence-corrected chi connectivity index (χ0v) is 21.5. The molecule has 9 heteroatoms. The van der Waals surface area contributed by atoms with Crippen molar-refractivity contribution in [3.63, 3.8) is 0 Å². The molecule has 0 radical (unpaired) electrons. The summed E-state index contributed by atoms with van der Waals surface area (Å²) in [6.45, 7) is 1.84. The minimum Gasteiger partial charge on any atom is -0.272 e. The molecule has 1 aliphatic carbocycles. The topological polar surface area (TPSA) is 76.3 Å². The fourth-order valence-electron chi connectivity index (χ4n) is 4.15. The lowest BCUT2D eigenvalue weighted by Crippen LogP contribution is -2.24. The van der Waals surface area contributed by atoms with E-state index in [1.165, 1.54) is 16.6 Å². The maximum Gasteiger partial charge on any atom is 0.267 e. The van der Waals surface area contributed by atoms with Crippen molar-refractivity contribution in [1.82, 2.24) is 15.0 Å². The number of fused-ring (bicyclic) bond motifs is 3. The molecule has 35 heavy (non-hydrogen) atoms. The average Bonchev–Trinajstić information content (AvgIpc) is 3.26. The van der Waals surface area contributed by atoms with Crippen LogP contribution >= 0.6 is 34.7 Å². The highest BCUT2D eigenvalue weighted by atomic mass is 35.5. The number of rotatable bonds is 6. The highest BCUT2D eigenvalue weighted by molar-refractivity contribution is 7.99. The SMILES string of the molecule is CC(=NNC(=O)CSc1nc2sc3c(c2c(=O)n1-c1ccc(Cl)cc1)CCCC3)c1ccccc1. The van der Waals surface area contributed by atoms with E-state index in [9.17, 15) is 9.59 Å². The smallest absolute Gasteiger partial charge is 0.267 e. The van der Waals surface area contributed by atoms with Crippen LogP contribution in [0.15, 0.2) is 69.6 Å². The number of hydrogen-bond acceptors (Lipinski definition) is 6. The fraction of sp³-hybridized carbons (Fsp3) is 0.231. The molecule has 2 aromatic heterocycles. The normalized spacial score (nSPS) is 13.6. The van der Waals surface area contributed by atoms with Crippen molar-refractivity contribution in [2.24, 2.45) is 5.10 Å². The third-order valence-electron chi connectivity index (χ3n) is 5.92. The van der Waals surface area contributed by atoms with Crippen LogP contribution < -0.4 is 11.0 Å². The Morgan fingerprint density at radius 2 is 1.89 bits per heavy atom. The summed E-state index contributed by atoms with van der Waals surface area (Å²) >= 11 is 8.91. The highest BCUT2D eigenvalue weighted by Crippen LogP contribution is 2.35. The summed E-state index contributed by atoms with van der Waals surface area (Å²) in [5, 5.41) is 5.98. The first-order valence-electron chi connectivity index (χ1n) is 11.4. The zero-order valence-electron chi connectivity index (χ0n) is 19.1. The van der Waals surface area contributed by atoms with E-state index in [1.807, 2.05) is 37.3 Å². The van der Waals surface area contributed by atoms with E-state index in [1.54, 1.807) is 40.2 Å². The van der Waals surface area contributed by atoms with Crippen LogP contribution in [-0.4, -0.2) is 26.9 Å². The van der Waals surface area contributed by atoms with Gasteiger partial charge in [-0.1, -0.05) is 53.7 Å². The second-order valence-corrected chi connectivity index (χ2v) is 10.8. The molecule has 0 spiro atoms. The molecule has 0 saturated heterocycles. The predicted molar refractivity (Wildman–Crippen MR) is 144 cm³/mol. The van der Waals surface area contributed by atoms with E-state index in [-0.39, 0.29) is 17.2 Å². The summed E-state index contributed by atoms with van der Waals surface area (Å²) in [5.74, 6) is -0.199. The third kappa shape index (κ3) is 5.05. The average molecular weight is 523 g/mol. The molecule has 0 aliphatic heterocycles. The first-order chi connectivity index (χ1) is 17.0. The van der Waals surface area contributed by atoms with Gasteiger partial charge in [-0.15, -0.1) is 11.3 Å². The second-order valence-electron chi connectivity index (χ2n) is 8.29. The van der Waals surface area contributed by atoms with Crippen molar-refractivity contribution >= 4 is 56.5 Å². The predicted octanol–water partition coefficient (Wildman–Crippen LogP) is 5.61. The molecule has 178 valence electrons. The minimum atomic E-state index is -0.271. The van der Waals surface area contributed by atoms with Crippen molar-refractivity contribution in [3.8, 4) is 5.69 Å². The number of nitrogens with zero attached hydrogens (tertiary/aromatic N) is 3. The maximum atomic E-state index is 13.7. The summed E-state index contributed by atoms with van der Waals surface area (Å²) in [7, 11) is 0. The number of aromatic nitrogens is 2. The quantitative estimate of drug-likeness (QED) is 0.154. The monoisotopic (exact) mass is 522 g/mol. The van der Waals surface area contributed by atoms with Crippen LogP contribution in [0.3, 0.4) is 0 Å². The number of thiophene rings is 1. The van der Waals surface area contributed by atoms with Gasteiger partial charge in [0.2, 0.25) is 0 Å². The fourth-order valence-corrected chi connectivity index (χ4v) is 6.39. The highest BCUT2D eigenvalue weighted by Gasteiger charge is 2.23. The lowest BCUT2D eigenvalue weighted by molar-refractivity contribution is -0.118. The first kappa shape index (κ1) is 23.8. The van der Waals surface area contributed by atoms with Crippen molar-refractivity contribution in [2.45, 2.75) is 37.8 Å². The van der Waals surface area contributed by atoms with Crippen LogP contribution in [0.1, 0.15) is 35.8 Å². The minimum absolute atomic E-state index is 0.0716. The molecule has 4 aromatic rings. The molecule has 2 heterocycles. The van der Waals surface area contributed by atoms with E-state index < -0.39 is 0 Å². The number of hydrazone groups is 1. The molecule has 0 unspecified atom stereocenters. The van der Waals surface area contributed by atoms with Gasteiger partial charge in [0.25, 0.3) is 11.5 Å². The summed E-state index contributed by atoms with van der Waals surface area (Å²) in [6.07, 6.45) is 4.11. The van der Waals surface area contributed by atoms with Gasteiger partial charge in [-0.25, -0.2) is 10.4 Å². The van der Waals surface area contributed by atoms with Crippen molar-refractivity contribution in [2.75, 3.05) is 5.75 Å². The third-order valence-corrected chi connectivity index (χ3v) is 8.29. The van der Waals surface area contributed by atoms with Gasteiger partial charge in [0.1, 0.15) is 4.83 Å². The van der Waals surface area contributed by atoms with Crippen LogP contribution in [0, 0.1) is 0 Å². The van der Waals surface area contributed by atoms with Gasteiger partial charge in [0, 0.05) is 9.90 Å². The molecule has 0 bridgehead atoms. The number of nitrogens with one attached hydrogen (secondary N) is 1. The molecule has 1 aliphatic rings. The molecule has 0 atom stereocenters. The van der Waals surface area contributed by atoms with E-state index in [2.05, 4.69) is 10.5 Å². The van der Waals surface area contributed by atoms with Crippen molar-refractivity contribution in [3.05, 3.63) is 86.0 Å². The van der Waals surface area contributed by atoms with Gasteiger partial charge < -0.3 is 0 Å². The Balaban J connectivity index is 1.45.